The van der Waals surface area contributed by atoms with Gasteiger partial charge in [0, 0.05) is 10.5 Å². The van der Waals surface area contributed by atoms with E-state index in [4.69, 9.17) is 0 Å². The second-order valence-electron chi connectivity index (χ2n) is 4.27. The molecule has 6 heteroatoms. The molecular formula is C12H14BrClF3N. The van der Waals surface area contributed by atoms with E-state index in [-0.39, 0.29) is 18.4 Å². The molecule has 0 unspecified atom stereocenters. The first kappa shape index (κ1) is 15.8. The van der Waals surface area contributed by atoms with Crippen LogP contribution >= 0.6 is 28.3 Å². The molecule has 1 aliphatic heterocycles. The van der Waals surface area contributed by atoms with E-state index in [1.807, 2.05) is 0 Å². The van der Waals surface area contributed by atoms with Gasteiger partial charge in [-0.05, 0) is 43.1 Å². The SMILES string of the molecule is Cl.FC(F)(F)c1cc(Br)cc([C@@H]2CCCCN2)c1. The van der Waals surface area contributed by atoms with Crippen molar-refractivity contribution in [2.45, 2.75) is 31.5 Å². The molecule has 0 bridgehead atoms. The predicted molar refractivity (Wildman–Crippen MR) is 71.0 cm³/mol. The molecule has 2 rings (SSSR count). The lowest BCUT2D eigenvalue weighted by atomic mass is 9.96. The third-order valence-electron chi connectivity index (χ3n) is 2.96. The van der Waals surface area contributed by atoms with Gasteiger partial charge < -0.3 is 5.32 Å². The number of rotatable bonds is 1. The first-order valence-electron chi connectivity index (χ1n) is 5.58. The van der Waals surface area contributed by atoms with Crippen molar-refractivity contribution >= 4 is 28.3 Å². The van der Waals surface area contributed by atoms with Crippen LogP contribution in [0.2, 0.25) is 0 Å². The fourth-order valence-corrected chi connectivity index (χ4v) is 2.62. The second-order valence-corrected chi connectivity index (χ2v) is 5.19. The molecule has 0 radical (unpaired) electrons. The summed E-state index contributed by atoms with van der Waals surface area (Å²) in [6.45, 7) is 0.874. The Balaban J connectivity index is 0.00000162. The summed E-state index contributed by atoms with van der Waals surface area (Å²) in [5.74, 6) is 0. The predicted octanol–water partition coefficient (Wildman–Crippen LogP) is 4.70. The van der Waals surface area contributed by atoms with E-state index in [1.54, 1.807) is 6.07 Å². The molecule has 1 saturated heterocycles. The smallest absolute Gasteiger partial charge is 0.310 e. The van der Waals surface area contributed by atoms with Gasteiger partial charge >= 0.3 is 6.18 Å². The molecule has 0 amide bonds. The number of nitrogens with one attached hydrogen (secondary N) is 1. The number of alkyl halides is 3. The van der Waals surface area contributed by atoms with Crippen LogP contribution < -0.4 is 5.32 Å². The number of benzene rings is 1. The fraction of sp³-hybridized carbons (Fsp3) is 0.500. The molecule has 0 saturated carbocycles. The van der Waals surface area contributed by atoms with Crippen molar-refractivity contribution in [3.05, 3.63) is 33.8 Å². The number of halogens is 5. The Labute approximate surface area is 119 Å². The first-order chi connectivity index (χ1) is 7.97. The average Bonchev–Trinajstić information content (AvgIpc) is 2.28. The van der Waals surface area contributed by atoms with E-state index >= 15 is 0 Å². The highest BCUT2D eigenvalue weighted by Gasteiger charge is 2.31. The summed E-state index contributed by atoms with van der Waals surface area (Å²) in [5.41, 5.74) is 0.126. The quantitative estimate of drug-likeness (QED) is 0.778. The highest BCUT2D eigenvalue weighted by atomic mass is 79.9. The maximum Gasteiger partial charge on any atom is 0.416 e. The molecule has 1 aromatic carbocycles. The van der Waals surface area contributed by atoms with Crippen molar-refractivity contribution in [1.82, 2.24) is 5.32 Å². The topological polar surface area (TPSA) is 12.0 Å². The van der Waals surface area contributed by atoms with Crippen molar-refractivity contribution in [2.75, 3.05) is 6.54 Å². The van der Waals surface area contributed by atoms with Gasteiger partial charge in [0.15, 0.2) is 0 Å². The maximum absolute atomic E-state index is 12.7. The zero-order chi connectivity index (χ0) is 12.5. The Morgan fingerprint density at radius 1 is 1.17 bits per heavy atom. The summed E-state index contributed by atoms with van der Waals surface area (Å²) in [7, 11) is 0. The lowest BCUT2D eigenvalue weighted by Gasteiger charge is -2.24. The normalized spacial score (nSPS) is 20.3. The Morgan fingerprint density at radius 2 is 1.89 bits per heavy atom. The fourth-order valence-electron chi connectivity index (χ4n) is 2.11. The van der Waals surface area contributed by atoms with Gasteiger partial charge in [-0.25, -0.2) is 0 Å². The van der Waals surface area contributed by atoms with Crippen molar-refractivity contribution in [1.29, 1.82) is 0 Å². The van der Waals surface area contributed by atoms with Gasteiger partial charge in [-0.3, -0.25) is 0 Å². The van der Waals surface area contributed by atoms with E-state index in [1.165, 1.54) is 6.07 Å². The summed E-state index contributed by atoms with van der Waals surface area (Å²) in [4.78, 5) is 0. The molecule has 18 heavy (non-hydrogen) atoms. The average molecular weight is 345 g/mol. The van der Waals surface area contributed by atoms with Gasteiger partial charge in [0.05, 0.1) is 5.56 Å². The van der Waals surface area contributed by atoms with E-state index in [0.29, 0.717) is 10.0 Å². The van der Waals surface area contributed by atoms with Gasteiger partial charge in [0.2, 0.25) is 0 Å². The summed E-state index contributed by atoms with van der Waals surface area (Å²) in [5, 5.41) is 3.25. The highest BCUT2D eigenvalue weighted by molar-refractivity contribution is 9.10. The van der Waals surface area contributed by atoms with Crippen molar-refractivity contribution < 1.29 is 13.2 Å². The largest absolute Gasteiger partial charge is 0.416 e. The van der Waals surface area contributed by atoms with Crippen LogP contribution in [0.3, 0.4) is 0 Å². The van der Waals surface area contributed by atoms with Crippen molar-refractivity contribution in [3.63, 3.8) is 0 Å². The van der Waals surface area contributed by atoms with Gasteiger partial charge in [0.1, 0.15) is 0 Å². The molecule has 0 aliphatic carbocycles. The lowest BCUT2D eigenvalue weighted by Crippen LogP contribution is -2.27. The number of hydrogen-bond acceptors (Lipinski definition) is 1. The molecule has 1 aromatic rings. The summed E-state index contributed by atoms with van der Waals surface area (Å²) in [6, 6.07) is 4.17. The molecule has 1 N–H and O–H groups in total. The molecular weight excluding hydrogens is 330 g/mol. The molecule has 0 spiro atoms. The summed E-state index contributed by atoms with van der Waals surface area (Å²) in [6.07, 6.45) is -1.23. The van der Waals surface area contributed by atoms with E-state index in [9.17, 15) is 13.2 Å². The number of piperidine rings is 1. The van der Waals surface area contributed by atoms with Crippen LogP contribution in [0.1, 0.15) is 36.4 Å². The zero-order valence-electron chi connectivity index (χ0n) is 9.56. The molecule has 1 aliphatic rings. The lowest BCUT2D eigenvalue weighted by molar-refractivity contribution is -0.137. The Bertz CT molecular complexity index is 403. The minimum absolute atomic E-state index is 0. The molecule has 1 heterocycles. The molecule has 1 nitrogen and oxygen atoms in total. The highest BCUT2D eigenvalue weighted by Crippen LogP contribution is 2.34. The van der Waals surface area contributed by atoms with Gasteiger partial charge in [-0.2, -0.15) is 13.2 Å². The molecule has 102 valence electrons. The Hall–Kier alpha value is -0.260. The van der Waals surface area contributed by atoms with Crippen LogP contribution in [0, 0.1) is 0 Å². The Morgan fingerprint density at radius 3 is 2.44 bits per heavy atom. The Kier molecular flexibility index (Phi) is 5.49. The number of hydrogen-bond donors (Lipinski definition) is 1. The van der Waals surface area contributed by atoms with Crippen LogP contribution in [0.15, 0.2) is 22.7 Å². The van der Waals surface area contributed by atoms with E-state index < -0.39 is 11.7 Å². The van der Waals surface area contributed by atoms with Crippen molar-refractivity contribution in [3.8, 4) is 0 Å². The van der Waals surface area contributed by atoms with Crippen LogP contribution in [0.25, 0.3) is 0 Å². The van der Waals surface area contributed by atoms with Crippen molar-refractivity contribution in [2.24, 2.45) is 0 Å². The molecule has 1 fully saturated rings. The van der Waals surface area contributed by atoms with E-state index in [2.05, 4.69) is 21.2 Å². The van der Waals surface area contributed by atoms with Crippen LogP contribution in [-0.4, -0.2) is 6.54 Å². The zero-order valence-corrected chi connectivity index (χ0v) is 12.0. The monoisotopic (exact) mass is 343 g/mol. The van der Waals surface area contributed by atoms with Gasteiger partial charge in [-0.15, -0.1) is 12.4 Å². The summed E-state index contributed by atoms with van der Waals surface area (Å²) < 4.78 is 38.5. The first-order valence-corrected chi connectivity index (χ1v) is 6.37. The van der Waals surface area contributed by atoms with Crippen LogP contribution in [0.5, 0.6) is 0 Å². The van der Waals surface area contributed by atoms with Gasteiger partial charge in [-0.1, -0.05) is 22.4 Å². The van der Waals surface area contributed by atoms with Crippen LogP contribution in [-0.2, 0) is 6.18 Å². The minimum Gasteiger partial charge on any atom is -0.310 e. The maximum atomic E-state index is 12.7. The van der Waals surface area contributed by atoms with Gasteiger partial charge in [0.25, 0.3) is 0 Å². The minimum atomic E-state index is -4.28. The van der Waals surface area contributed by atoms with Crippen LogP contribution in [0.4, 0.5) is 13.2 Å². The van der Waals surface area contributed by atoms with E-state index in [0.717, 1.165) is 31.9 Å². The standard InChI is InChI=1S/C12H13BrF3N.ClH/c13-10-6-8(11-3-1-2-4-17-11)5-9(7-10)12(14,15)16;/h5-7,11,17H,1-4H2;1H/t11-;/m0./s1. The summed E-state index contributed by atoms with van der Waals surface area (Å²) >= 11 is 3.14. The second kappa shape index (κ2) is 6.26. The molecule has 0 aromatic heterocycles. The third-order valence-corrected chi connectivity index (χ3v) is 3.42. The molecule has 1 atom stereocenters. The third kappa shape index (κ3) is 3.87.